The topological polar surface area (TPSA) is 147 Å². The second-order valence-corrected chi connectivity index (χ2v) is 10.4. The van der Waals surface area contributed by atoms with Gasteiger partial charge < -0.3 is 0 Å². The summed E-state index contributed by atoms with van der Waals surface area (Å²) in [5.74, 6) is 0. The Morgan fingerprint density at radius 1 is 1.00 bits per heavy atom. The van der Waals surface area contributed by atoms with Crippen molar-refractivity contribution in [3.8, 4) is 0 Å². The number of rotatable bonds is 5. The van der Waals surface area contributed by atoms with E-state index in [2.05, 4.69) is 10.2 Å². The van der Waals surface area contributed by atoms with E-state index in [1.807, 2.05) is 0 Å². The van der Waals surface area contributed by atoms with Crippen LogP contribution >= 0.6 is 0 Å². The van der Waals surface area contributed by atoms with Gasteiger partial charge in [0.05, 0.1) is 16.3 Å². The van der Waals surface area contributed by atoms with Crippen LogP contribution in [0.5, 0.6) is 0 Å². The molecular formula is C16H21N5O6S2. The number of nitro benzene ring substituents is 1. The summed E-state index contributed by atoms with van der Waals surface area (Å²) in [7, 11) is -8.00. The summed E-state index contributed by atoms with van der Waals surface area (Å²) < 4.78 is 54.4. The fraction of sp³-hybridized carbons (Fsp3) is 0.438. The largest absolute Gasteiger partial charge is 0.289 e. The quantitative estimate of drug-likeness (QED) is 0.536. The van der Waals surface area contributed by atoms with Crippen LogP contribution in [0.25, 0.3) is 0 Å². The van der Waals surface area contributed by atoms with E-state index in [1.165, 1.54) is 22.5 Å². The van der Waals surface area contributed by atoms with Crippen molar-refractivity contribution in [3.05, 3.63) is 45.8 Å². The van der Waals surface area contributed by atoms with E-state index in [1.54, 1.807) is 13.8 Å². The molecule has 1 aliphatic rings. The van der Waals surface area contributed by atoms with Gasteiger partial charge in [0.2, 0.25) is 20.0 Å². The number of aromatic nitrogens is 2. The molecule has 1 aromatic heterocycles. The Labute approximate surface area is 168 Å². The molecule has 1 aliphatic heterocycles. The van der Waals surface area contributed by atoms with E-state index in [0.717, 1.165) is 10.4 Å². The molecule has 158 valence electrons. The smallest absolute Gasteiger partial charge is 0.281 e. The van der Waals surface area contributed by atoms with Crippen LogP contribution in [0.1, 0.15) is 17.8 Å². The summed E-state index contributed by atoms with van der Waals surface area (Å²) in [6, 6.07) is 5.12. The predicted molar refractivity (Wildman–Crippen MR) is 103 cm³/mol. The summed E-state index contributed by atoms with van der Waals surface area (Å²) in [5, 5.41) is 17.8. The Morgan fingerprint density at radius 2 is 1.59 bits per heavy atom. The number of hydrogen-bond donors (Lipinski definition) is 1. The average Bonchev–Trinajstić information content (AvgIpc) is 2.87. The van der Waals surface area contributed by atoms with Gasteiger partial charge in [0.25, 0.3) is 5.69 Å². The van der Waals surface area contributed by atoms with E-state index in [9.17, 15) is 26.9 Å². The monoisotopic (exact) mass is 443 g/mol. The van der Waals surface area contributed by atoms with Crippen molar-refractivity contribution in [1.29, 1.82) is 0 Å². The highest BCUT2D eigenvalue weighted by Crippen LogP contribution is 2.28. The third-order valence-electron chi connectivity index (χ3n) is 4.75. The molecule has 0 radical (unpaired) electrons. The molecule has 2 aromatic rings. The highest BCUT2D eigenvalue weighted by Gasteiger charge is 2.36. The number of H-pyrrole nitrogens is 1. The first-order valence-electron chi connectivity index (χ1n) is 8.82. The fourth-order valence-electron chi connectivity index (χ4n) is 3.37. The maximum absolute atomic E-state index is 13.0. The second-order valence-electron chi connectivity index (χ2n) is 6.65. The van der Waals surface area contributed by atoms with Gasteiger partial charge in [-0.25, -0.2) is 16.8 Å². The first-order chi connectivity index (χ1) is 13.6. The average molecular weight is 444 g/mol. The van der Waals surface area contributed by atoms with Gasteiger partial charge in [0.15, 0.2) is 4.90 Å². The lowest BCUT2D eigenvalue weighted by Crippen LogP contribution is -2.37. The van der Waals surface area contributed by atoms with Crippen LogP contribution in [-0.4, -0.2) is 66.7 Å². The van der Waals surface area contributed by atoms with Gasteiger partial charge >= 0.3 is 0 Å². The zero-order valence-corrected chi connectivity index (χ0v) is 17.5. The van der Waals surface area contributed by atoms with Gasteiger partial charge in [-0.2, -0.15) is 13.7 Å². The number of nitrogens with zero attached hydrogens (tertiary/aromatic N) is 4. The van der Waals surface area contributed by atoms with Crippen molar-refractivity contribution in [1.82, 2.24) is 18.8 Å². The number of sulfonamides is 2. The highest BCUT2D eigenvalue weighted by molar-refractivity contribution is 7.89. The summed E-state index contributed by atoms with van der Waals surface area (Å²) in [5.41, 5.74) is 0.248. The minimum Gasteiger partial charge on any atom is -0.281 e. The molecule has 0 unspecified atom stereocenters. The van der Waals surface area contributed by atoms with Crippen LogP contribution in [0, 0.1) is 24.0 Å². The molecule has 0 amide bonds. The van der Waals surface area contributed by atoms with E-state index in [0.29, 0.717) is 11.4 Å². The first-order valence-corrected chi connectivity index (χ1v) is 11.7. The molecule has 0 spiro atoms. The third-order valence-corrected chi connectivity index (χ3v) is 8.86. The van der Waals surface area contributed by atoms with Crippen LogP contribution < -0.4 is 0 Å². The molecule has 0 aliphatic carbocycles. The van der Waals surface area contributed by atoms with Crippen molar-refractivity contribution >= 4 is 25.7 Å². The molecule has 0 atom stereocenters. The van der Waals surface area contributed by atoms with E-state index < -0.39 is 35.6 Å². The molecule has 1 N–H and O–H groups in total. The lowest BCUT2D eigenvalue weighted by atomic mass is 10.3. The van der Waals surface area contributed by atoms with Gasteiger partial charge in [0, 0.05) is 32.2 Å². The normalized spacial score (nSPS) is 17.2. The standard InChI is InChI=1S/C16H21N5O6S2/c1-12-16(13(2)18-17-12)29(26,27)20-9-5-8-19(10-11-20)28(24,25)15-7-4-3-6-14(15)21(22)23/h3-4,6-7H,5,8-11H2,1-2H3,(H,17,18). The van der Waals surface area contributed by atoms with Crippen molar-refractivity contribution < 1.29 is 21.8 Å². The van der Waals surface area contributed by atoms with Crippen molar-refractivity contribution in [2.75, 3.05) is 26.2 Å². The molecule has 1 aromatic carbocycles. The minimum absolute atomic E-state index is 0.0593. The molecule has 1 fully saturated rings. The summed E-state index contributed by atoms with van der Waals surface area (Å²) in [4.78, 5) is 10.2. The Hall–Kier alpha value is -2.35. The predicted octanol–water partition coefficient (Wildman–Crippen LogP) is 1.02. The first kappa shape index (κ1) is 21.4. The Kier molecular flexibility index (Phi) is 5.76. The number of para-hydroxylation sites is 1. The Morgan fingerprint density at radius 3 is 2.14 bits per heavy atom. The van der Waals surface area contributed by atoms with Crippen LogP contribution in [0.15, 0.2) is 34.1 Å². The fourth-order valence-corrected chi connectivity index (χ4v) is 6.79. The van der Waals surface area contributed by atoms with Crippen molar-refractivity contribution in [3.63, 3.8) is 0 Å². The number of nitro groups is 1. The second kappa shape index (κ2) is 7.82. The van der Waals surface area contributed by atoms with Crippen LogP contribution in [0.2, 0.25) is 0 Å². The summed E-state index contributed by atoms with van der Waals surface area (Å²) in [6.45, 7) is 3.21. The molecule has 29 heavy (non-hydrogen) atoms. The maximum Gasteiger partial charge on any atom is 0.289 e. The Balaban J connectivity index is 1.88. The van der Waals surface area contributed by atoms with Crippen LogP contribution in [0.4, 0.5) is 5.69 Å². The molecule has 3 rings (SSSR count). The zero-order chi connectivity index (χ0) is 21.4. The SMILES string of the molecule is Cc1n[nH]c(C)c1S(=O)(=O)N1CCCN(S(=O)(=O)c2ccccc2[N+](=O)[O-])CC1. The molecule has 13 heteroatoms. The van der Waals surface area contributed by atoms with Crippen LogP contribution in [0.3, 0.4) is 0 Å². The molecule has 0 saturated carbocycles. The van der Waals surface area contributed by atoms with E-state index >= 15 is 0 Å². The maximum atomic E-state index is 13.0. The molecular weight excluding hydrogens is 422 g/mol. The van der Waals surface area contributed by atoms with Gasteiger partial charge in [0.1, 0.15) is 4.90 Å². The molecule has 2 heterocycles. The van der Waals surface area contributed by atoms with Gasteiger partial charge in [-0.1, -0.05) is 12.1 Å². The molecule has 0 bridgehead atoms. The zero-order valence-electron chi connectivity index (χ0n) is 15.9. The van der Waals surface area contributed by atoms with Gasteiger partial charge in [-0.05, 0) is 26.3 Å². The van der Waals surface area contributed by atoms with Crippen molar-refractivity contribution in [2.24, 2.45) is 0 Å². The van der Waals surface area contributed by atoms with E-state index in [-0.39, 0.29) is 37.5 Å². The lowest BCUT2D eigenvalue weighted by Gasteiger charge is -2.21. The third kappa shape index (κ3) is 3.90. The minimum atomic E-state index is -4.15. The number of aryl methyl sites for hydroxylation is 2. The number of aromatic amines is 1. The number of hydrogen-bond acceptors (Lipinski definition) is 7. The van der Waals surface area contributed by atoms with E-state index in [4.69, 9.17) is 0 Å². The summed E-state index contributed by atoms with van der Waals surface area (Å²) in [6.07, 6.45) is 0.259. The molecule has 1 saturated heterocycles. The van der Waals surface area contributed by atoms with Gasteiger partial charge in [-0.3, -0.25) is 15.2 Å². The lowest BCUT2D eigenvalue weighted by molar-refractivity contribution is -0.387. The Bertz CT molecular complexity index is 1120. The highest BCUT2D eigenvalue weighted by atomic mass is 32.2. The van der Waals surface area contributed by atoms with Crippen molar-refractivity contribution in [2.45, 2.75) is 30.1 Å². The van der Waals surface area contributed by atoms with Crippen LogP contribution in [-0.2, 0) is 20.0 Å². The number of nitrogens with one attached hydrogen (secondary N) is 1. The summed E-state index contributed by atoms with van der Waals surface area (Å²) >= 11 is 0. The van der Waals surface area contributed by atoms with Gasteiger partial charge in [-0.15, -0.1) is 0 Å². The number of benzene rings is 1. The molecule has 11 nitrogen and oxygen atoms in total.